The molecule has 0 amide bonds. The molecule has 0 atom stereocenters. The summed E-state index contributed by atoms with van der Waals surface area (Å²) in [7, 11) is 0. The van der Waals surface area contributed by atoms with E-state index in [0.29, 0.717) is 12.8 Å². The Balaban J connectivity index is -0.0000000861. The first-order valence-corrected chi connectivity index (χ1v) is 12.6. The number of rotatable bonds is 6. The number of ether oxygens (including phenoxy) is 6. The Morgan fingerprint density at radius 2 is 1.11 bits per heavy atom. The molecule has 13 heteroatoms. The van der Waals surface area contributed by atoms with Gasteiger partial charge in [-0.3, -0.25) is 4.79 Å². The summed E-state index contributed by atoms with van der Waals surface area (Å²) in [5, 5.41) is 0.595. The first kappa shape index (κ1) is 43.9. The van der Waals surface area contributed by atoms with E-state index in [-0.39, 0.29) is 95.8 Å². The van der Waals surface area contributed by atoms with Crippen molar-refractivity contribution in [1.29, 1.82) is 0 Å². The van der Waals surface area contributed by atoms with E-state index in [9.17, 15) is 9.59 Å². The van der Waals surface area contributed by atoms with Gasteiger partial charge in [-0.2, -0.15) is 0 Å². The quantitative estimate of drug-likeness (QED) is 0.177. The van der Waals surface area contributed by atoms with Gasteiger partial charge in [0, 0.05) is 31.5 Å². The molecule has 0 aromatic rings. The van der Waals surface area contributed by atoms with Gasteiger partial charge in [-0.05, 0) is 37.8 Å². The standard InChI is InChI=1S/C8H14O3.C6H11BrO2.C6H11O2.C2H3ClO.BrH.2Mg.2H/c1-7(9)3-4-8-10-5-2-6-11-8;7-3-2-6-8-4-1-5-9-6;1-2-6-7-4-3-5-8-6;1-2(3)4;;;;;/h8H,2-6H2,1H3;6H,1-5H2;6H,1-5H2;1H3;1H;;;;/q;;-1;;;2*+2;2*-1/p-1. The van der Waals surface area contributed by atoms with E-state index in [4.69, 9.17) is 28.4 Å². The molecule has 3 heterocycles. The van der Waals surface area contributed by atoms with Crippen LogP contribution in [0.1, 0.15) is 61.6 Å². The Hall–Kier alpha value is 1.88. The van der Waals surface area contributed by atoms with E-state index in [2.05, 4.69) is 34.5 Å². The molecule has 202 valence electrons. The van der Waals surface area contributed by atoms with Gasteiger partial charge in [0.2, 0.25) is 5.24 Å². The number of hydrogen-bond acceptors (Lipinski definition) is 8. The summed E-state index contributed by atoms with van der Waals surface area (Å²) in [6.07, 6.45) is 5.88. The zero-order valence-electron chi connectivity index (χ0n) is 23.2. The Morgan fingerprint density at radius 1 is 0.800 bits per heavy atom. The van der Waals surface area contributed by atoms with Crippen molar-refractivity contribution in [3.05, 3.63) is 6.92 Å². The van der Waals surface area contributed by atoms with Gasteiger partial charge in [-0.25, -0.2) is 0 Å². The van der Waals surface area contributed by atoms with Gasteiger partial charge in [-0.15, -0.1) is 6.42 Å². The molecule has 3 rings (SSSR count). The maximum atomic E-state index is 10.6. The predicted octanol–water partition coefficient (Wildman–Crippen LogP) is 0.866. The van der Waals surface area contributed by atoms with Crippen molar-refractivity contribution in [3.8, 4) is 0 Å². The number of carbonyl (C=O) groups is 2. The van der Waals surface area contributed by atoms with Crippen LogP contribution in [0.2, 0.25) is 0 Å². The molecular formula is C22H41Br2ClMg2O8. The molecular weight excluding hydrogens is 636 g/mol. The molecule has 8 nitrogen and oxygen atoms in total. The van der Waals surface area contributed by atoms with Crippen LogP contribution in [-0.2, 0) is 38.0 Å². The number of hydrogen-bond donors (Lipinski definition) is 0. The first-order valence-electron chi connectivity index (χ1n) is 11.1. The zero-order chi connectivity index (χ0) is 24.0. The first-order chi connectivity index (χ1) is 15.4. The molecule has 0 saturated carbocycles. The van der Waals surface area contributed by atoms with E-state index in [1.807, 2.05) is 0 Å². The van der Waals surface area contributed by atoms with Crippen molar-refractivity contribution in [2.24, 2.45) is 0 Å². The summed E-state index contributed by atoms with van der Waals surface area (Å²) in [5.74, 6) is 0.197. The molecule has 3 aliphatic heterocycles. The normalized spacial score (nSPS) is 18.2. The van der Waals surface area contributed by atoms with Crippen molar-refractivity contribution in [3.63, 3.8) is 0 Å². The predicted molar refractivity (Wildman–Crippen MR) is 139 cm³/mol. The number of halogens is 3. The average molecular weight is 677 g/mol. The van der Waals surface area contributed by atoms with Crippen molar-refractivity contribution in [1.82, 2.24) is 0 Å². The maximum absolute atomic E-state index is 10.6. The molecule has 3 aliphatic rings. The van der Waals surface area contributed by atoms with Gasteiger partial charge in [0.25, 0.3) is 0 Å². The zero-order valence-corrected chi connectivity index (χ0v) is 27.9. The molecule has 0 aliphatic carbocycles. The van der Waals surface area contributed by atoms with Crippen LogP contribution in [0.5, 0.6) is 0 Å². The summed E-state index contributed by atoms with van der Waals surface area (Å²) in [6.45, 7) is 11.5. The van der Waals surface area contributed by atoms with Crippen molar-refractivity contribution in [2.45, 2.75) is 77.7 Å². The number of ketones is 1. The van der Waals surface area contributed by atoms with Crippen LogP contribution in [0.15, 0.2) is 0 Å². The minimum absolute atomic E-state index is 0. The monoisotopic (exact) mass is 674 g/mol. The summed E-state index contributed by atoms with van der Waals surface area (Å²) in [5.41, 5.74) is 0. The fourth-order valence-corrected chi connectivity index (χ4v) is 2.89. The van der Waals surface area contributed by atoms with Crippen LogP contribution in [0, 0.1) is 6.92 Å². The SMILES string of the molecule is BrCCC1OCCCO1.CC(=O)CCC1OCCCO1.CC(=O)Cl.[Br-].[CH2-]CC1OCCCO1.[H-].[H-].[Mg+2].[Mg+2]. The smallest absolute Gasteiger partial charge is 1.00 e. The van der Waals surface area contributed by atoms with E-state index >= 15 is 0 Å². The van der Waals surface area contributed by atoms with Gasteiger partial charge < -0.3 is 60.0 Å². The molecule has 0 aromatic heterocycles. The second-order valence-electron chi connectivity index (χ2n) is 7.05. The molecule has 0 N–H and O–H groups in total. The molecule has 0 spiro atoms. The number of Topliss-reactive ketones (excluding diaryl/α,β-unsaturated/α-hetero) is 1. The number of carbonyl (C=O) groups excluding carboxylic acids is 2. The van der Waals surface area contributed by atoms with Gasteiger partial charge in [0.05, 0.1) is 39.6 Å². The summed E-state index contributed by atoms with van der Waals surface area (Å²) < 4.78 is 31.3. The van der Waals surface area contributed by atoms with Gasteiger partial charge >= 0.3 is 46.1 Å². The van der Waals surface area contributed by atoms with E-state index in [0.717, 1.165) is 77.1 Å². The molecule has 0 unspecified atom stereocenters. The number of alkyl halides is 1. The fourth-order valence-electron chi connectivity index (χ4n) is 2.52. The topological polar surface area (TPSA) is 89.5 Å². The minimum Gasteiger partial charge on any atom is -1.00 e. The van der Waals surface area contributed by atoms with E-state index in [1.54, 1.807) is 6.92 Å². The largest absolute Gasteiger partial charge is 2.00 e. The van der Waals surface area contributed by atoms with E-state index < -0.39 is 0 Å². The summed E-state index contributed by atoms with van der Waals surface area (Å²) in [6, 6.07) is 0. The third-order valence-electron chi connectivity index (χ3n) is 4.00. The molecule has 0 radical (unpaired) electrons. The molecule has 0 aromatic carbocycles. The van der Waals surface area contributed by atoms with Crippen molar-refractivity contribution < 1.29 is 57.8 Å². The van der Waals surface area contributed by atoms with Crippen LogP contribution in [-0.4, -0.2) is 121 Å². The Bertz CT molecular complexity index is 471. The van der Waals surface area contributed by atoms with Crippen molar-refractivity contribution in [2.75, 3.05) is 45.0 Å². The molecule has 35 heavy (non-hydrogen) atoms. The summed E-state index contributed by atoms with van der Waals surface area (Å²) in [4.78, 5) is 19.8. The molecule has 3 fully saturated rings. The van der Waals surface area contributed by atoms with Gasteiger partial charge in [0.15, 0.2) is 12.6 Å². The van der Waals surface area contributed by atoms with Crippen LogP contribution in [0.3, 0.4) is 0 Å². The van der Waals surface area contributed by atoms with Crippen LogP contribution in [0.4, 0.5) is 0 Å². The maximum Gasteiger partial charge on any atom is 2.00 e. The Labute approximate surface area is 270 Å². The molecule has 0 bridgehead atoms. The van der Waals surface area contributed by atoms with E-state index in [1.165, 1.54) is 6.92 Å². The third kappa shape index (κ3) is 32.0. The second kappa shape index (κ2) is 32.1. The second-order valence-corrected chi connectivity index (χ2v) is 8.38. The third-order valence-corrected chi connectivity index (χ3v) is 4.46. The average Bonchev–Trinajstić information content (AvgIpc) is 2.80. The minimum atomic E-state index is -0.361. The fraction of sp³-hybridized carbons (Fsp3) is 0.864. The van der Waals surface area contributed by atoms with Crippen LogP contribution in [0.25, 0.3) is 0 Å². The Morgan fingerprint density at radius 3 is 1.37 bits per heavy atom. The summed E-state index contributed by atoms with van der Waals surface area (Å²) >= 11 is 7.96. The van der Waals surface area contributed by atoms with Gasteiger partial charge in [-0.1, -0.05) is 15.9 Å². The van der Waals surface area contributed by atoms with Crippen LogP contribution >= 0.6 is 27.5 Å². The van der Waals surface area contributed by atoms with Gasteiger partial charge in [0.1, 0.15) is 12.1 Å². The van der Waals surface area contributed by atoms with Crippen LogP contribution < -0.4 is 17.0 Å². The Kier molecular flexibility index (Phi) is 40.3. The molecule has 3 saturated heterocycles. The van der Waals surface area contributed by atoms with Crippen molar-refractivity contribution >= 4 is 84.7 Å².